The molecule has 1 amide bonds. The Bertz CT molecular complexity index is 728. The van der Waals surface area contributed by atoms with Crippen LogP contribution in [0.2, 0.25) is 0 Å². The molecule has 1 heterocycles. The van der Waals surface area contributed by atoms with E-state index >= 15 is 0 Å². The summed E-state index contributed by atoms with van der Waals surface area (Å²) < 4.78 is 10.4. The molecule has 2 aromatic rings. The molecule has 0 fully saturated rings. The van der Waals surface area contributed by atoms with E-state index in [1.165, 1.54) is 17.6 Å². The smallest absolute Gasteiger partial charge is 0.330 e. The van der Waals surface area contributed by atoms with Crippen LogP contribution in [0.25, 0.3) is 0 Å². The number of thiazole rings is 1. The van der Waals surface area contributed by atoms with E-state index in [9.17, 15) is 4.79 Å². The highest BCUT2D eigenvalue weighted by atomic mass is 32.1. The zero-order valence-corrected chi connectivity index (χ0v) is 14.0. The van der Waals surface area contributed by atoms with Crippen LogP contribution in [0, 0.1) is 0 Å². The van der Waals surface area contributed by atoms with Gasteiger partial charge in [-0.25, -0.2) is 10.4 Å². The van der Waals surface area contributed by atoms with Gasteiger partial charge in [0.2, 0.25) is 0 Å². The number of hydrogen-bond acceptors (Lipinski definition) is 6. The Hall–Kier alpha value is -2.61. The Morgan fingerprint density at radius 3 is 2.87 bits per heavy atom. The number of nitrogens with zero attached hydrogens (tertiary/aromatic N) is 1. The number of nitrogens with one attached hydrogen (secondary N) is 2. The molecule has 0 unspecified atom stereocenters. The molecule has 122 valence electrons. The quantitative estimate of drug-likeness (QED) is 0.617. The molecule has 0 spiro atoms. The van der Waals surface area contributed by atoms with Gasteiger partial charge in [0.25, 0.3) is 5.91 Å². The maximum atomic E-state index is 12.2. The van der Waals surface area contributed by atoms with Crippen LogP contribution in [0.1, 0.15) is 27.9 Å². The van der Waals surface area contributed by atoms with E-state index in [4.69, 9.17) is 15.2 Å². The third-order valence-electron chi connectivity index (χ3n) is 3.13. The minimum absolute atomic E-state index is 0.307. The van der Waals surface area contributed by atoms with Crippen LogP contribution >= 0.6 is 11.3 Å². The van der Waals surface area contributed by atoms with Crippen molar-refractivity contribution in [2.45, 2.75) is 13.3 Å². The molecular formula is C15H19N4O3S+. The average molecular weight is 335 g/mol. The molecule has 0 saturated heterocycles. The number of ether oxygens (including phenoxy) is 2. The summed E-state index contributed by atoms with van der Waals surface area (Å²) in [5.41, 5.74) is 9.68. The highest BCUT2D eigenvalue weighted by Crippen LogP contribution is 2.22. The second-order valence-corrected chi connectivity index (χ2v) is 5.61. The standard InChI is InChI=1S/C15H18N4O3S/c1-4-11-13(23-15(16)18-11)14(20)19-17-8-9-7-10(21-2)5-6-12(9)22-3/h5-8H,4H2,1-3H3,(H2,16,18)(H,19,20)/p+1. The molecule has 7 nitrogen and oxygen atoms in total. The van der Waals surface area contributed by atoms with E-state index in [1.54, 1.807) is 32.4 Å². The van der Waals surface area contributed by atoms with Crippen molar-refractivity contribution in [3.8, 4) is 11.5 Å². The van der Waals surface area contributed by atoms with Gasteiger partial charge < -0.3 is 9.47 Å². The number of aryl methyl sites for hydroxylation is 1. The lowest BCUT2D eigenvalue weighted by Gasteiger charge is -2.06. The van der Waals surface area contributed by atoms with Gasteiger partial charge in [0.1, 0.15) is 22.1 Å². The number of anilines is 1. The summed E-state index contributed by atoms with van der Waals surface area (Å²) in [4.78, 5) is 15.7. The largest absolute Gasteiger partial charge is 0.497 e. The SMILES string of the molecule is CCc1[nH+]c(N)sc1C(=O)NN=Cc1cc(OC)ccc1OC. The number of aromatic nitrogens is 1. The first kappa shape index (κ1) is 16.8. The van der Waals surface area contributed by atoms with E-state index in [2.05, 4.69) is 15.5 Å². The normalized spacial score (nSPS) is 10.7. The molecule has 0 atom stereocenters. The maximum Gasteiger partial charge on any atom is 0.330 e. The van der Waals surface area contributed by atoms with Gasteiger partial charge in [-0.3, -0.25) is 10.5 Å². The first-order chi connectivity index (χ1) is 11.1. The molecule has 0 aliphatic rings. The zero-order valence-electron chi connectivity index (χ0n) is 13.2. The maximum absolute atomic E-state index is 12.2. The Morgan fingerprint density at radius 1 is 1.43 bits per heavy atom. The van der Waals surface area contributed by atoms with Crippen LogP contribution in [-0.2, 0) is 6.42 Å². The summed E-state index contributed by atoms with van der Waals surface area (Å²) >= 11 is 1.20. The number of hydrazone groups is 1. The van der Waals surface area contributed by atoms with Gasteiger partial charge in [-0.15, -0.1) is 0 Å². The molecular weight excluding hydrogens is 316 g/mol. The molecule has 4 N–H and O–H groups in total. The van der Waals surface area contributed by atoms with E-state index in [1.807, 2.05) is 6.92 Å². The van der Waals surface area contributed by atoms with E-state index in [0.29, 0.717) is 33.5 Å². The summed E-state index contributed by atoms with van der Waals surface area (Å²) in [6.07, 6.45) is 2.19. The minimum Gasteiger partial charge on any atom is -0.497 e. The van der Waals surface area contributed by atoms with Crippen LogP contribution in [0.5, 0.6) is 11.5 Å². The topological polar surface area (TPSA) is 100 Å². The minimum atomic E-state index is -0.307. The van der Waals surface area contributed by atoms with Crippen molar-refractivity contribution in [1.29, 1.82) is 0 Å². The number of carbonyl (C=O) groups excluding carboxylic acids is 1. The lowest BCUT2D eigenvalue weighted by Crippen LogP contribution is -2.20. The van der Waals surface area contributed by atoms with Crippen LogP contribution in [0.4, 0.5) is 5.13 Å². The second kappa shape index (κ2) is 7.59. The number of benzene rings is 1. The van der Waals surface area contributed by atoms with Crippen LogP contribution in [0.3, 0.4) is 0 Å². The fraction of sp³-hybridized carbons (Fsp3) is 0.267. The predicted molar refractivity (Wildman–Crippen MR) is 89.3 cm³/mol. The van der Waals surface area contributed by atoms with Gasteiger partial charge in [-0.1, -0.05) is 6.92 Å². The third kappa shape index (κ3) is 3.98. The van der Waals surface area contributed by atoms with Gasteiger partial charge in [0.05, 0.1) is 20.4 Å². The molecule has 0 saturated carbocycles. The molecule has 0 aliphatic carbocycles. The Balaban J connectivity index is 2.13. The highest BCUT2D eigenvalue weighted by Gasteiger charge is 2.18. The van der Waals surface area contributed by atoms with Gasteiger partial charge >= 0.3 is 5.13 Å². The molecule has 2 rings (SSSR count). The number of rotatable bonds is 6. The monoisotopic (exact) mass is 335 g/mol. The van der Waals surface area contributed by atoms with Gasteiger partial charge in [0.15, 0.2) is 0 Å². The van der Waals surface area contributed by atoms with Crippen LogP contribution in [-0.4, -0.2) is 26.3 Å². The predicted octanol–water partition coefficient (Wildman–Crippen LogP) is 1.49. The fourth-order valence-corrected chi connectivity index (χ4v) is 2.84. The number of nitrogens with two attached hydrogens (primary N) is 1. The van der Waals surface area contributed by atoms with Crippen LogP contribution < -0.4 is 25.6 Å². The molecule has 0 bridgehead atoms. The first-order valence-corrected chi connectivity index (χ1v) is 7.76. The van der Waals surface area contributed by atoms with Crippen molar-refractivity contribution in [3.63, 3.8) is 0 Å². The number of hydrogen-bond donors (Lipinski definition) is 2. The summed E-state index contributed by atoms with van der Waals surface area (Å²) in [5, 5.41) is 4.47. The zero-order chi connectivity index (χ0) is 16.8. The van der Waals surface area contributed by atoms with Crippen molar-refractivity contribution in [2.75, 3.05) is 20.0 Å². The number of carbonyl (C=O) groups is 1. The van der Waals surface area contributed by atoms with Gasteiger partial charge in [0, 0.05) is 12.0 Å². The van der Waals surface area contributed by atoms with Crippen molar-refractivity contribution in [2.24, 2.45) is 5.10 Å². The Labute approximate surface area is 138 Å². The molecule has 1 aromatic heterocycles. The number of methoxy groups -OCH3 is 2. The van der Waals surface area contributed by atoms with E-state index in [0.717, 1.165) is 5.69 Å². The Kier molecular flexibility index (Phi) is 5.53. The summed E-state index contributed by atoms with van der Waals surface area (Å²) in [6.45, 7) is 1.94. The number of H-pyrrole nitrogens is 1. The number of aromatic amines is 1. The summed E-state index contributed by atoms with van der Waals surface area (Å²) in [7, 11) is 3.14. The molecule has 1 aromatic carbocycles. The van der Waals surface area contributed by atoms with Gasteiger partial charge in [-0.05, 0) is 29.5 Å². The molecule has 8 heteroatoms. The Morgan fingerprint density at radius 2 is 2.22 bits per heavy atom. The van der Waals surface area contributed by atoms with Crippen molar-refractivity contribution in [3.05, 3.63) is 34.3 Å². The average Bonchev–Trinajstić information content (AvgIpc) is 2.95. The van der Waals surface area contributed by atoms with E-state index < -0.39 is 0 Å². The first-order valence-electron chi connectivity index (χ1n) is 6.94. The van der Waals surface area contributed by atoms with Crippen molar-refractivity contribution < 1.29 is 19.3 Å². The molecule has 0 aliphatic heterocycles. The van der Waals surface area contributed by atoms with Crippen LogP contribution in [0.15, 0.2) is 23.3 Å². The second-order valence-electron chi connectivity index (χ2n) is 4.56. The summed E-state index contributed by atoms with van der Waals surface area (Å²) in [5.74, 6) is 0.997. The van der Waals surface area contributed by atoms with Crippen molar-refractivity contribution >= 4 is 28.6 Å². The summed E-state index contributed by atoms with van der Waals surface area (Å²) in [6, 6.07) is 5.32. The lowest BCUT2D eigenvalue weighted by atomic mass is 10.2. The van der Waals surface area contributed by atoms with Gasteiger partial charge in [-0.2, -0.15) is 5.10 Å². The fourth-order valence-electron chi connectivity index (χ4n) is 1.99. The lowest BCUT2D eigenvalue weighted by molar-refractivity contribution is -0.366. The molecule has 23 heavy (non-hydrogen) atoms. The number of amides is 1. The third-order valence-corrected chi connectivity index (χ3v) is 4.08. The van der Waals surface area contributed by atoms with Crippen molar-refractivity contribution in [1.82, 2.24) is 5.43 Å². The molecule has 0 radical (unpaired) electrons. The van der Waals surface area contributed by atoms with E-state index in [-0.39, 0.29) is 5.91 Å². The number of nitrogen functional groups attached to an aromatic ring is 1. The highest BCUT2D eigenvalue weighted by molar-refractivity contribution is 7.16.